The van der Waals surface area contributed by atoms with Gasteiger partial charge in [-0.15, -0.1) is 0 Å². The molecule has 0 aromatic carbocycles. The lowest BCUT2D eigenvalue weighted by Crippen LogP contribution is -2.28. The maximum Gasteiger partial charge on any atom is 0.407 e. The second kappa shape index (κ2) is 5.37. The Morgan fingerprint density at radius 2 is 2.31 bits per heavy atom. The zero-order chi connectivity index (χ0) is 11.4. The second-order valence-corrected chi connectivity index (χ2v) is 4.92. The highest BCUT2D eigenvalue weighted by molar-refractivity contribution is 5.67. The molecular formula is C13H21NO2. The van der Waals surface area contributed by atoms with Gasteiger partial charge in [-0.1, -0.05) is 25.5 Å². The number of hydrogen-bond acceptors (Lipinski definition) is 2. The minimum Gasteiger partial charge on any atom is -0.449 e. The molecule has 0 radical (unpaired) electrons. The highest BCUT2D eigenvalue weighted by Crippen LogP contribution is 2.43. The third kappa shape index (κ3) is 2.77. The van der Waals surface area contributed by atoms with Gasteiger partial charge in [-0.2, -0.15) is 0 Å². The Hall–Kier alpha value is -0.990. The molecule has 90 valence electrons. The Kier molecular flexibility index (Phi) is 3.86. The van der Waals surface area contributed by atoms with Gasteiger partial charge in [0.15, 0.2) is 0 Å². The van der Waals surface area contributed by atoms with E-state index >= 15 is 0 Å². The van der Waals surface area contributed by atoms with Crippen molar-refractivity contribution in [3.05, 3.63) is 12.2 Å². The molecule has 2 bridgehead atoms. The Morgan fingerprint density at radius 1 is 1.44 bits per heavy atom. The van der Waals surface area contributed by atoms with Crippen LogP contribution in [0, 0.1) is 17.8 Å². The van der Waals surface area contributed by atoms with E-state index in [1.165, 1.54) is 12.8 Å². The zero-order valence-corrected chi connectivity index (χ0v) is 9.95. The Labute approximate surface area is 97.2 Å². The van der Waals surface area contributed by atoms with Gasteiger partial charge in [0.2, 0.25) is 0 Å². The first-order chi connectivity index (χ1) is 7.79. The summed E-state index contributed by atoms with van der Waals surface area (Å²) < 4.78 is 5.24. The van der Waals surface area contributed by atoms with Crippen LogP contribution in [0.5, 0.6) is 0 Å². The van der Waals surface area contributed by atoms with Gasteiger partial charge in [-0.25, -0.2) is 4.79 Å². The Morgan fingerprint density at radius 3 is 2.94 bits per heavy atom. The summed E-state index contributed by atoms with van der Waals surface area (Å²) in [6, 6.07) is 0. The van der Waals surface area contributed by atoms with E-state index in [0.29, 0.717) is 18.4 Å². The molecule has 1 amide bonds. The van der Waals surface area contributed by atoms with Gasteiger partial charge in [-0.05, 0) is 31.1 Å². The molecule has 3 atom stereocenters. The first-order valence-corrected chi connectivity index (χ1v) is 6.38. The third-order valence-electron chi connectivity index (χ3n) is 3.64. The smallest absolute Gasteiger partial charge is 0.407 e. The first-order valence-electron chi connectivity index (χ1n) is 6.38. The van der Waals surface area contributed by atoms with E-state index in [1.54, 1.807) is 0 Å². The molecule has 0 saturated heterocycles. The molecule has 2 aliphatic carbocycles. The number of rotatable bonds is 5. The van der Waals surface area contributed by atoms with E-state index in [2.05, 4.69) is 24.4 Å². The second-order valence-electron chi connectivity index (χ2n) is 4.92. The Balaban J connectivity index is 1.61. The average molecular weight is 223 g/mol. The predicted molar refractivity (Wildman–Crippen MR) is 63.1 cm³/mol. The van der Waals surface area contributed by atoms with Crippen molar-refractivity contribution in [1.82, 2.24) is 5.32 Å². The highest BCUT2D eigenvalue weighted by Gasteiger charge is 2.36. The van der Waals surface area contributed by atoms with Crippen LogP contribution in [0.1, 0.15) is 32.6 Å². The molecule has 3 nitrogen and oxygen atoms in total. The molecule has 0 spiro atoms. The third-order valence-corrected chi connectivity index (χ3v) is 3.64. The van der Waals surface area contributed by atoms with Gasteiger partial charge in [0.1, 0.15) is 0 Å². The van der Waals surface area contributed by atoms with Crippen molar-refractivity contribution in [1.29, 1.82) is 0 Å². The van der Waals surface area contributed by atoms with Crippen LogP contribution >= 0.6 is 0 Å². The minimum absolute atomic E-state index is 0.250. The van der Waals surface area contributed by atoms with Crippen molar-refractivity contribution in [3.8, 4) is 0 Å². The van der Waals surface area contributed by atoms with Crippen LogP contribution in [0.2, 0.25) is 0 Å². The molecule has 0 heterocycles. The summed E-state index contributed by atoms with van der Waals surface area (Å²) in [5.41, 5.74) is 0. The van der Waals surface area contributed by atoms with Crippen LogP contribution in [-0.4, -0.2) is 19.2 Å². The lowest BCUT2D eigenvalue weighted by atomic mass is 9.95. The number of ether oxygens (including phenoxy) is 1. The molecule has 3 unspecified atom stereocenters. The summed E-state index contributed by atoms with van der Waals surface area (Å²) in [7, 11) is 0. The van der Waals surface area contributed by atoms with Crippen LogP contribution in [-0.2, 0) is 4.74 Å². The highest BCUT2D eigenvalue weighted by atomic mass is 16.5. The number of fused-ring (bicyclic) bond motifs is 2. The fourth-order valence-electron chi connectivity index (χ4n) is 2.69. The maximum absolute atomic E-state index is 11.3. The van der Waals surface area contributed by atoms with E-state index in [1.807, 2.05) is 0 Å². The van der Waals surface area contributed by atoms with Crippen LogP contribution in [0.25, 0.3) is 0 Å². The van der Waals surface area contributed by atoms with Gasteiger partial charge in [0, 0.05) is 12.5 Å². The quantitative estimate of drug-likeness (QED) is 0.575. The van der Waals surface area contributed by atoms with E-state index in [9.17, 15) is 4.79 Å². The van der Waals surface area contributed by atoms with Gasteiger partial charge in [-0.3, -0.25) is 0 Å². The number of hydrogen-bond donors (Lipinski definition) is 1. The summed E-state index contributed by atoms with van der Waals surface area (Å²) in [6.07, 6.45) is 8.93. The van der Waals surface area contributed by atoms with Gasteiger partial charge in [0.25, 0.3) is 0 Å². The van der Waals surface area contributed by atoms with Gasteiger partial charge >= 0.3 is 6.09 Å². The standard InChI is InChI=1S/C13H21NO2/c1-2-3-6-14-13(15)16-9-12-8-10-4-5-11(12)7-10/h4-5,10-12H,2-3,6-9H2,1H3,(H,14,15). The summed E-state index contributed by atoms with van der Waals surface area (Å²) >= 11 is 0. The van der Waals surface area contributed by atoms with E-state index in [-0.39, 0.29) is 6.09 Å². The molecule has 0 aliphatic heterocycles. The zero-order valence-electron chi connectivity index (χ0n) is 9.95. The first kappa shape index (κ1) is 11.5. The monoisotopic (exact) mass is 223 g/mol. The van der Waals surface area contributed by atoms with Crippen molar-refractivity contribution in [2.45, 2.75) is 32.6 Å². The van der Waals surface area contributed by atoms with Crippen molar-refractivity contribution in [3.63, 3.8) is 0 Å². The topological polar surface area (TPSA) is 38.3 Å². The fourth-order valence-corrected chi connectivity index (χ4v) is 2.69. The predicted octanol–water partition coefficient (Wildman–Crippen LogP) is 2.72. The number of allylic oxidation sites excluding steroid dienone is 2. The molecule has 3 heteroatoms. The summed E-state index contributed by atoms with van der Waals surface area (Å²) in [6.45, 7) is 3.42. The summed E-state index contributed by atoms with van der Waals surface area (Å²) in [5, 5.41) is 2.77. The van der Waals surface area contributed by atoms with E-state index < -0.39 is 0 Å². The molecule has 1 N–H and O–H groups in total. The molecule has 16 heavy (non-hydrogen) atoms. The number of amides is 1. The van der Waals surface area contributed by atoms with E-state index in [0.717, 1.165) is 25.3 Å². The van der Waals surface area contributed by atoms with E-state index in [4.69, 9.17) is 4.74 Å². The number of unbranched alkanes of at least 4 members (excludes halogenated alkanes) is 1. The average Bonchev–Trinajstić information content (AvgIpc) is 2.88. The SMILES string of the molecule is CCCCNC(=O)OCC1CC2C=CC1C2. The number of carbonyl (C=O) groups is 1. The largest absolute Gasteiger partial charge is 0.449 e. The summed E-state index contributed by atoms with van der Waals surface area (Å²) in [5.74, 6) is 1.97. The fraction of sp³-hybridized carbons (Fsp3) is 0.769. The molecule has 2 aliphatic rings. The van der Waals surface area contributed by atoms with Crippen molar-refractivity contribution in [2.75, 3.05) is 13.2 Å². The minimum atomic E-state index is -0.250. The number of carbonyl (C=O) groups excluding carboxylic acids is 1. The molecule has 1 saturated carbocycles. The van der Waals surface area contributed by atoms with Crippen LogP contribution in [0.4, 0.5) is 4.79 Å². The molecule has 0 aromatic rings. The number of alkyl carbamates (subject to hydrolysis) is 1. The summed E-state index contributed by atoms with van der Waals surface area (Å²) in [4.78, 5) is 11.3. The lowest BCUT2D eigenvalue weighted by molar-refractivity contribution is 0.120. The Bertz CT molecular complexity index is 275. The molecular weight excluding hydrogens is 202 g/mol. The molecule has 1 fully saturated rings. The normalized spacial score (nSPS) is 30.7. The molecule has 0 aromatic heterocycles. The van der Waals surface area contributed by atoms with Crippen LogP contribution in [0.3, 0.4) is 0 Å². The maximum atomic E-state index is 11.3. The van der Waals surface area contributed by atoms with Gasteiger partial charge < -0.3 is 10.1 Å². The van der Waals surface area contributed by atoms with Crippen LogP contribution < -0.4 is 5.32 Å². The van der Waals surface area contributed by atoms with Gasteiger partial charge in [0.05, 0.1) is 6.61 Å². The number of nitrogens with one attached hydrogen (secondary N) is 1. The van der Waals surface area contributed by atoms with Crippen molar-refractivity contribution >= 4 is 6.09 Å². The van der Waals surface area contributed by atoms with Crippen molar-refractivity contribution in [2.24, 2.45) is 17.8 Å². The van der Waals surface area contributed by atoms with Crippen molar-refractivity contribution < 1.29 is 9.53 Å². The molecule has 2 rings (SSSR count). The van der Waals surface area contributed by atoms with Crippen LogP contribution in [0.15, 0.2) is 12.2 Å². The lowest BCUT2D eigenvalue weighted by Gasteiger charge is -2.17.